The first-order chi connectivity index (χ1) is 6.83. The van der Waals surface area contributed by atoms with Crippen LogP contribution in [0.5, 0.6) is 0 Å². The average Bonchev–Trinajstić information content (AvgIpc) is 2.74. The van der Waals surface area contributed by atoms with Gasteiger partial charge in [0.25, 0.3) is 0 Å². The van der Waals surface area contributed by atoms with Gasteiger partial charge >= 0.3 is 0 Å². The highest BCUT2D eigenvalue weighted by Gasteiger charge is 2.38. The quantitative estimate of drug-likeness (QED) is 0.706. The van der Waals surface area contributed by atoms with Crippen LogP contribution >= 0.6 is 12.2 Å². The van der Waals surface area contributed by atoms with Crippen molar-refractivity contribution in [3.05, 3.63) is 0 Å². The normalized spacial score (nSPS) is 30.5. The predicted molar refractivity (Wildman–Crippen MR) is 63.3 cm³/mol. The van der Waals surface area contributed by atoms with Gasteiger partial charge in [0.2, 0.25) is 0 Å². The molecule has 0 spiro atoms. The molecule has 1 aliphatic carbocycles. The van der Waals surface area contributed by atoms with E-state index in [1.807, 2.05) is 0 Å². The maximum Gasteiger partial charge on any atom is 0.169 e. The summed E-state index contributed by atoms with van der Waals surface area (Å²) in [7, 11) is 0. The monoisotopic (exact) mass is 212 g/mol. The van der Waals surface area contributed by atoms with Crippen molar-refractivity contribution >= 4 is 17.3 Å². The Bertz CT molecular complexity index is 217. The Kier molecular flexibility index (Phi) is 3.26. The highest BCUT2D eigenvalue weighted by molar-refractivity contribution is 7.80. The summed E-state index contributed by atoms with van der Waals surface area (Å²) in [5, 5.41) is 4.35. The molecule has 1 saturated heterocycles. The van der Waals surface area contributed by atoms with Gasteiger partial charge in [-0.3, -0.25) is 0 Å². The van der Waals surface area contributed by atoms with Crippen molar-refractivity contribution < 1.29 is 0 Å². The van der Waals surface area contributed by atoms with Gasteiger partial charge in [-0.2, -0.15) is 0 Å². The van der Waals surface area contributed by atoms with Gasteiger partial charge in [0.05, 0.1) is 0 Å². The molecule has 2 unspecified atom stereocenters. The summed E-state index contributed by atoms with van der Waals surface area (Å²) in [6, 6.07) is 0.770. The molecule has 2 rings (SSSR count). The summed E-state index contributed by atoms with van der Waals surface area (Å²) >= 11 is 5.42. The molecule has 2 aliphatic rings. The topological polar surface area (TPSA) is 15.3 Å². The zero-order valence-electron chi connectivity index (χ0n) is 8.96. The SMILES string of the molecule is CCCNC(=S)N1CCC2CCCC21. The average molecular weight is 212 g/mol. The van der Waals surface area contributed by atoms with Gasteiger partial charge in [-0.15, -0.1) is 0 Å². The molecule has 1 saturated carbocycles. The van der Waals surface area contributed by atoms with Crippen LogP contribution in [-0.2, 0) is 0 Å². The maximum atomic E-state index is 5.42. The van der Waals surface area contributed by atoms with E-state index in [-0.39, 0.29) is 0 Å². The van der Waals surface area contributed by atoms with Gasteiger partial charge in [0.1, 0.15) is 0 Å². The van der Waals surface area contributed by atoms with E-state index in [9.17, 15) is 0 Å². The number of rotatable bonds is 2. The lowest BCUT2D eigenvalue weighted by Crippen LogP contribution is -2.43. The lowest BCUT2D eigenvalue weighted by Gasteiger charge is -2.26. The molecule has 2 atom stereocenters. The zero-order chi connectivity index (χ0) is 9.97. The van der Waals surface area contributed by atoms with Crippen LogP contribution in [-0.4, -0.2) is 29.1 Å². The van der Waals surface area contributed by atoms with Crippen molar-refractivity contribution in [2.45, 2.75) is 45.1 Å². The smallest absolute Gasteiger partial charge is 0.169 e. The van der Waals surface area contributed by atoms with Gasteiger partial charge in [0, 0.05) is 19.1 Å². The molecule has 14 heavy (non-hydrogen) atoms. The molecule has 80 valence electrons. The Morgan fingerprint density at radius 2 is 2.29 bits per heavy atom. The van der Waals surface area contributed by atoms with E-state index < -0.39 is 0 Å². The Balaban J connectivity index is 1.88. The fraction of sp³-hybridized carbons (Fsp3) is 0.909. The zero-order valence-corrected chi connectivity index (χ0v) is 9.78. The number of hydrogen-bond donors (Lipinski definition) is 1. The molecule has 0 bridgehead atoms. The molecule has 1 N–H and O–H groups in total. The summed E-state index contributed by atoms with van der Waals surface area (Å²) in [4.78, 5) is 2.43. The molecule has 2 nitrogen and oxygen atoms in total. The van der Waals surface area contributed by atoms with Crippen molar-refractivity contribution in [1.82, 2.24) is 10.2 Å². The largest absolute Gasteiger partial charge is 0.363 e. The van der Waals surface area contributed by atoms with Crippen LogP contribution in [0.1, 0.15) is 39.0 Å². The molecule has 2 fully saturated rings. The summed E-state index contributed by atoms with van der Waals surface area (Å²) < 4.78 is 0. The fourth-order valence-corrected chi connectivity index (χ4v) is 3.15. The molecule has 0 aromatic heterocycles. The molecule has 1 heterocycles. The number of likely N-dealkylation sites (tertiary alicyclic amines) is 1. The molecule has 0 aromatic rings. The van der Waals surface area contributed by atoms with Crippen LogP contribution < -0.4 is 5.32 Å². The van der Waals surface area contributed by atoms with E-state index in [1.54, 1.807) is 0 Å². The van der Waals surface area contributed by atoms with Crippen molar-refractivity contribution in [3.63, 3.8) is 0 Å². The molecule has 0 aromatic carbocycles. The third-order valence-corrected chi connectivity index (χ3v) is 3.93. The highest BCUT2D eigenvalue weighted by atomic mass is 32.1. The van der Waals surface area contributed by atoms with Gasteiger partial charge in [0.15, 0.2) is 5.11 Å². The van der Waals surface area contributed by atoms with E-state index in [1.165, 1.54) is 32.2 Å². The van der Waals surface area contributed by atoms with E-state index in [2.05, 4.69) is 17.1 Å². The third kappa shape index (κ3) is 1.88. The minimum Gasteiger partial charge on any atom is -0.363 e. The minimum atomic E-state index is 0.770. The van der Waals surface area contributed by atoms with Gasteiger partial charge < -0.3 is 10.2 Å². The number of hydrogen-bond acceptors (Lipinski definition) is 1. The van der Waals surface area contributed by atoms with Crippen molar-refractivity contribution in [2.75, 3.05) is 13.1 Å². The van der Waals surface area contributed by atoms with E-state index in [0.717, 1.165) is 30.0 Å². The summed E-state index contributed by atoms with van der Waals surface area (Å²) in [6.07, 6.45) is 6.71. The third-order valence-electron chi connectivity index (χ3n) is 3.55. The van der Waals surface area contributed by atoms with Crippen molar-refractivity contribution in [2.24, 2.45) is 5.92 Å². The lowest BCUT2D eigenvalue weighted by atomic mass is 10.1. The second-order valence-electron chi connectivity index (χ2n) is 4.47. The van der Waals surface area contributed by atoms with Crippen LogP contribution in [0, 0.1) is 5.92 Å². The Labute approximate surface area is 92.0 Å². The Morgan fingerprint density at radius 1 is 1.43 bits per heavy atom. The Morgan fingerprint density at radius 3 is 3.07 bits per heavy atom. The van der Waals surface area contributed by atoms with E-state index in [4.69, 9.17) is 12.2 Å². The number of nitrogens with zero attached hydrogens (tertiary/aromatic N) is 1. The summed E-state index contributed by atoms with van der Waals surface area (Å²) in [5.74, 6) is 0.941. The van der Waals surface area contributed by atoms with Gasteiger partial charge in [-0.25, -0.2) is 0 Å². The molecule has 3 heteroatoms. The van der Waals surface area contributed by atoms with Crippen LogP contribution in [0.2, 0.25) is 0 Å². The first-order valence-electron chi connectivity index (χ1n) is 5.87. The number of nitrogens with one attached hydrogen (secondary N) is 1. The second-order valence-corrected chi connectivity index (χ2v) is 4.86. The van der Waals surface area contributed by atoms with Gasteiger partial charge in [-0.05, 0) is 43.8 Å². The van der Waals surface area contributed by atoms with E-state index in [0.29, 0.717) is 0 Å². The van der Waals surface area contributed by atoms with Crippen molar-refractivity contribution in [1.29, 1.82) is 0 Å². The summed E-state index contributed by atoms with van der Waals surface area (Å²) in [6.45, 7) is 4.38. The molecular formula is C11H20N2S. The fourth-order valence-electron chi connectivity index (χ4n) is 2.82. The van der Waals surface area contributed by atoms with Crippen LogP contribution in [0.15, 0.2) is 0 Å². The van der Waals surface area contributed by atoms with Crippen molar-refractivity contribution in [3.8, 4) is 0 Å². The molecular weight excluding hydrogens is 192 g/mol. The predicted octanol–water partition coefficient (Wildman–Crippen LogP) is 2.15. The molecule has 0 amide bonds. The van der Waals surface area contributed by atoms with Crippen LogP contribution in [0.4, 0.5) is 0 Å². The van der Waals surface area contributed by atoms with Crippen LogP contribution in [0.25, 0.3) is 0 Å². The highest BCUT2D eigenvalue weighted by Crippen LogP contribution is 2.37. The second kappa shape index (κ2) is 4.47. The molecule has 0 radical (unpaired) electrons. The first kappa shape index (κ1) is 10.2. The van der Waals surface area contributed by atoms with E-state index >= 15 is 0 Å². The molecule has 1 aliphatic heterocycles. The maximum absolute atomic E-state index is 5.42. The van der Waals surface area contributed by atoms with Gasteiger partial charge in [-0.1, -0.05) is 13.3 Å². The summed E-state index contributed by atoms with van der Waals surface area (Å²) in [5.41, 5.74) is 0. The first-order valence-corrected chi connectivity index (χ1v) is 6.28. The minimum absolute atomic E-state index is 0.770. The number of thiocarbonyl (C=S) groups is 1. The lowest BCUT2D eigenvalue weighted by molar-refractivity contribution is 0.360. The Hall–Kier alpha value is -0.310. The standard InChI is InChI=1S/C11H20N2S/c1-2-7-12-11(14)13-8-6-9-4-3-5-10(9)13/h9-10H,2-8H2,1H3,(H,12,14). The van der Waals surface area contributed by atoms with Crippen LogP contribution in [0.3, 0.4) is 0 Å². The number of fused-ring (bicyclic) bond motifs is 1.